The van der Waals surface area contributed by atoms with Crippen LogP contribution >= 0.6 is 12.2 Å². The fourth-order valence-corrected chi connectivity index (χ4v) is 2.16. The van der Waals surface area contributed by atoms with Crippen molar-refractivity contribution < 1.29 is 9.53 Å². The van der Waals surface area contributed by atoms with Crippen molar-refractivity contribution in [3.63, 3.8) is 0 Å². The van der Waals surface area contributed by atoms with Crippen LogP contribution in [-0.2, 0) is 4.74 Å². The summed E-state index contributed by atoms with van der Waals surface area (Å²) in [4.78, 5) is 19.8. The lowest BCUT2D eigenvalue weighted by atomic mass is 10.2. The summed E-state index contributed by atoms with van der Waals surface area (Å²) in [5.74, 6) is 0. The van der Waals surface area contributed by atoms with Crippen molar-refractivity contribution in [2.75, 3.05) is 27.2 Å². The third-order valence-electron chi connectivity index (χ3n) is 2.90. The number of hydrogen-bond acceptors (Lipinski definition) is 3. The molecule has 6 nitrogen and oxygen atoms in total. The third kappa shape index (κ3) is 6.75. The molecule has 1 aliphatic heterocycles. The molecule has 1 saturated heterocycles. The number of nitrogens with one attached hydrogen (secondary N) is 1. The molecule has 0 aromatic rings. The standard InChI is InChI=1S/C14H26N4O2S/c1-14(2,3)20-13(19)18-8-6-7-11(18)9-15-12(21)16-10-17(4)5/h10-11H,6-9H2,1-5H3,(H,15,21)/t11-/m0/s1. The van der Waals surface area contributed by atoms with Crippen LogP contribution in [0, 0.1) is 0 Å². The summed E-state index contributed by atoms with van der Waals surface area (Å²) < 4.78 is 5.43. The number of ether oxygens (including phenoxy) is 1. The maximum absolute atomic E-state index is 12.1. The zero-order valence-corrected chi connectivity index (χ0v) is 14.4. The van der Waals surface area contributed by atoms with Gasteiger partial charge in [-0.2, -0.15) is 0 Å². The summed E-state index contributed by atoms with van der Waals surface area (Å²) in [6.45, 7) is 6.95. The molecule has 21 heavy (non-hydrogen) atoms. The first kappa shape index (κ1) is 17.7. The van der Waals surface area contributed by atoms with E-state index in [0.717, 1.165) is 19.4 Å². The van der Waals surface area contributed by atoms with Crippen molar-refractivity contribution in [2.24, 2.45) is 4.99 Å². The van der Waals surface area contributed by atoms with Crippen LogP contribution < -0.4 is 5.32 Å². The molecule has 0 aromatic heterocycles. The highest BCUT2D eigenvalue weighted by Gasteiger charge is 2.31. The van der Waals surface area contributed by atoms with Crippen LogP contribution in [0.25, 0.3) is 0 Å². The molecule has 0 aromatic carbocycles. The van der Waals surface area contributed by atoms with Crippen LogP contribution in [0.15, 0.2) is 4.99 Å². The number of thiocarbonyl (C=S) groups is 1. The minimum absolute atomic E-state index is 0.104. The van der Waals surface area contributed by atoms with E-state index in [0.29, 0.717) is 11.7 Å². The normalized spacial score (nSPS) is 18.9. The first-order chi connectivity index (χ1) is 9.69. The number of aliphatic imine (C=N–C) groups is 1. The van der Waals surface area contributed by atoms with Gasteiger partial charge < -0.3 is 19.9 Å². The van der Waals surface area contributed by atoms with Crippen molar-refractivity contribution in [1.82, 2.24) is 15.1 Å². The van der Waals surface area contributed by atoms with Crippen LogP contribution in [0.3, 0.4) is 0 Å². The highest BCUT2D eigenvalue weighted by molar-refractivity contribution is 7.80. The van der Waals surface area contributed by atoms with Gasteiger partial charge in [-0.05, 0) is 45.8 Å². The number of carbonyl (C=O) groups excluding carboxylic acids is 1. The van der Waals surface area contributed by atoms with E-state index in [1.165, 1.54) is 0 Å². The maximum Gasteiger partial charge on any atom is 0.410 e. The average Bonchev–Trinajstić information content (AvgIpc) is 2.80. The van der Waals surface area contributed by atoms with Gasteiger partial charge >= 0.3 is 6.09 Å². The Kier molecular flexibility index (Phi) is 6.39. The monoisotopic (exact) mass is 314 g/mol. The zero-order valence-electron chi connectivity index (χ0n) is 13.5. The molecule has 0 bridgehead atoms. The van der Waals surface area contributed by atoms with Crippen molar-refractivity contribution in [3.8, 4) is 0 Å². The second-order valence-electron chi connectivity index (χ2n) is 6.36. The lowest BCUT2D eigenvalue weighted by molar-refractivity contribution is 0.0229. The molecule has 0 aliphatic carbocycles. The molecular weight excluding hydrogens is 288 g/mol. The number of amides is 1. The molecule has 7 heteroatoms. The molecule has 0 saturated carbocycles. The van der Waals surface area contributed by atoms with Crippen LogP contribution in [0.4, 0.5) is 4.79 Å². The molecule has 0 unspecified atom stereocenters. The molecule has 1 amide bonds. The van der Waals surface area contributed by atoms with Gasteiger partial charge in [0, 0.05) is 27.2 Å². The first-order valence-electron chi connectivity index (χ1n) is 7.17. The van der Waals surface area contributed by atoms with Gasteiger partial charge in [0.05, 0.1) is 12.4 Å². The average molecular weight is 314 g/mol. The van der Waals surface area contributed by atoms with E-state index in [1.54, 1.807) is 11.2 Å². The highest BCUT2D eigenvalue weighted by atomic mass is 32.1. The summed E-state index contributed by atoms with van der Waals surface area (Å²) in [5, 5.41) is 3.52. The maximum atomic E-state index is 12.1. The number of nitrogens with zero attached hydrogens (tertiary/aromatic N) is 3. The molecule has 1 fully saturated rings. The Balaban J connectivity index is 2.47. The Labute approximate surface area is 132 Å². The van der Waals surface area contributed by atoms with Crippen LogP contribution in [0.2, 0.25) is 0 Å². The molecule has 1 N–H and O–H groups in total. The highest BCUT2D eigenvalue weighted by Crippen LogP contribution is 2.20. The zero-order chi connectivity index (χ0) is 16.0. The quantitative estimate of drug-likeness (QED) is 0.489. The number of carbonyl (C=O) groups is 1. The smallest absolute Gasteiger partial charge is 0.410 e. The molecule has 1 aliphatic rings. The van der Waals surface area contributed by atoms with Crippen LogP contribution in [0.5, 0.6) is 0 Å². The molecule has 0 radical (unpaired) electrons. The topological polar surface area (TPSA) is 57.2 Å². The molecule has 1 rings (SSSR count). The van der Waals surface area contributed by atoms with Gasteiger partial charge in [0.1, 0.15) is 5.60 Å². The van der Waals surface area contributed by atoms with E-state index < -0.39 is 5.60 Å². The summed E-state index contributed by atoms with van der Waals surface area (Å²) >= 11 is 5.13. The van der Waals surface area contributed by atoms with Gasteiger partial charge in [-0.1, -0.05) is 0 Å². The SMILES string of the molecule is CN(C)C=NC(=S)NC[C@@H]1CCCN1C(=O)OC(C)(C)C. The van der Waals surface area contributed by atoms with Crippen molar-refractivity contribution in [1.29, 1.82) is 0 Å². The first-order valence-corrected chi connectivity index (χ1v) is 7.58. The minimum atomic E-state index is -0.469. The number of hydrogen-bond donors (Lipinski definition) is 1. The minimum Gasteiger partial charge on any atom is -0.444 e. The van der Waals surface area contributed by atoms with E-state index in [4.69, 9.17) is 17.0 Å². The Bertz CT molecular complexity index is 404. The van der Waals surface area contributed by atoms with E-state index in [1.807, 2.05) is 39.8 Å². The summed E-state index contributed by atoms with van der Waals surface area (Å²) in [7, 11) is 3.76. The summed E-state index contributed by atoms with van der Waals surface area (Å²) in [6.07, 6.45) is 3.33. The Morgan fingerprint density at radius 3 is 2.76 bits per heavy atom. The lowest BCUT2D eigenvalue weighted by Crippen LogP contribution is -2.44. The predicted octanol–water partition coefficient (Wildman–Crippen LogP) is 1.85. The summed E-state index contributed by atoms with van der Waals surface area (Å²) in [6, 6.07) is 0.104. The van der Waals surface area contributed by atoms with E-state index in [2.05, 4.69) is 10.3 Å². The molecule has 120 valence electrons. The van der Waals surface area contributed by atoms with Crippen molar-refractivity contribution in [3.05, 3.63) is 0 Å². The molecular formula is C14H26N4O2S. The van der Waals surface area contributed by atoms with Crippen molar-refractivity contribution >= 4 is 29.8 Å². The Morgan fingerprint density at radius 2 is 2.19 bits per heavy atom. The molecule has 0 spiro atoms. The van der Waals surface area contributed by atoms with Gasteiger partial charge in [0.15, 0.2) is 5.11 Å². The lowest BCUT2D eigenvalue weighted by Gasteiger charge is -2.28. The molecule has 1 heterocycles. The third-order valence-corrected chi connectivity index (χ3v) is 3.15. The van der Waals surface area contributed by atoms with Gasteiger partial charge in [-0.15, -0.1) is 0 Å². The number of likely N-dealkylation sites (tertiary alicyclic amines) is 1. The van der Waals surface area contributed by atoms with Gasteiger partial charge in [-0.25, -0.2) is 9.79 Å². The molecule has 1 atom stereocenters. The Morgan fingerprint density at radius 1 is 1.52 bits per heavy atom. The van der Waals surface area contributed by atoms with E-state index >= 15 is 0 Å². The van der Waals surface area contributed by atoms with Crippen LogP contribution in [0.1, 0.15) is 33.6 Å². The van der Waals surface area contributed by atoms with Gasteiger partial charge in [0.25, 0.3) is 0 Å². The summed E-state index contributed by atoms with van der Waals surface area (Å²) in [5.41, 5.74) is -0.469. The second-order valence-corrected chi connectivity index (χ2v) is 6.75. The second kappa shape index (κ2) is 7.59. The number of rotatable bonds is 3. The fraction of sp³-hybridized carbons (Fsp3) is 0.786. The van der Waals surface area contributed by atoms with E-state index in [-0.39, 0.29) is 12.1 Å². The van der Waals surface area contributed by atoms with Gasteiger partial charge in [0.2, 0.25) is 0 Å². The fourth-order valence-electron chi connectivity index (χ4n) is 2.03. The largest absolute Gasteiger partial charge is 0.444 e. The van der Waals surface area contributed by atoms with Gasteiger partial charge in [-0.3, -0.25) is 0 Å². The van der Waals surface area contributed by atoms with Crippen molar-refractivity contribution in [2.45, 2.75) is 45.3 Å². The Hall–Kier alpha value is -1.37. The van der Waals surface area contributed by atoms with Crippen LogP contribution in [-0.4, -0.2) is 66.2 Å². The predicted molar refractivity (Wildman–Crippen MR) is 88.7 cm³/mol. The van der Waals surface area contributed by atoms with E-state index in [9.17, 15) is 4.79 Å².